The van der Waals surface area contributed by atoms with Gasteiger partial charge in [0.25, 0.3) is 0 Å². The van der Waals surface area contributed by atoms with Crippen LogP contribution in [0.1, 0.15) is 5.56 Å². The number of thioether (sulfide) groups is 1. The minimum atomic E-state index is -1.19. The third-order valence-electron chi connectivity index (χ3n) is 2.62. The van der Waals surface area contributed by atoms with Crippen LogP contribution < -0.4 is 11.5 Å². The summed E-state index contributed by atoms with van der Waals surface area (Å²) in [6, 6.07) is 0.380. The summed E-state index contributed by atoms with van der Waals surface area (Å²) >= 11 is 0.943. The van der Waals surface area contributed by atoms with Crippen molar-refractivity contribution in [2.45, 2.75) is 23.4 Å². The average molecular weight is 316 g/mol. The lowest BCUT2D eigenvalue weighted by Gasteiger charge is -2.12. The van der Waals surface area contributed by atoms with Crippen molar-refractivity contribution in [1.29, 1.82) is 0 Å². The van der Waals surface area contributed by atoms with Gasteiger partial charge in [-0.1, -0.05) is 0 Å². The fourth-order valence-electron chi connectivity index (χ4n) is 1.47. The predicted octanol–water partition coefficient (Wildman–Crippen LogP) is -0.444. The lowest BCUT2D eigenvalue weighted by molar-refractivity contribution is -0.139. The van der Waals surface area contributed by atoms with E-state index in [0.717, 1.165) is 11.8 Å². The molecule has 0 amide bonds. The molecule has 9 heteroatoms. The van der Waals surface area contributed by atoms with E-state index in [0.29, 0.717) is 5.56 Å². The first-order chi connectivity index (χ1) is 9.72. The number of hydrogen-bond donors (Lipinski definition) is 6. The van der Waals surface area contributed by atoms with E-state index in [1.165, 1.54) is 12.1 Å². The molecule has 21 heavy (non-hydrogen) atoms. The number of nitrogens with two attached hydrogens (primary N) is 2. The molecule has 0 spiro atoms. The standard InChI is InChI=1S/C12H16N2O6S/c13-6(11(17)18)1-5-2-8(15)10(16)9(3-5)21-4-7(14)12(19)20/h2-3,6-7,15-16H,1,4,13-14H2,(H,17,18)(H,19,20)/t6-,7-/m1/s1. The van der Waals surface area contributed by atoms with Gasteiger partial charge in [-0.25, -0.2) is 0 Å². The Kier molecular flexibility index (Phi) is 5.82. The molecule has 0 aliphatic heterocycles. The summed E-state index contributed by atoms with van der Waals surface area (Å²) < 4.78 is 0. The number of phenols is 2. The van der Waals surface area contributed by atoms with Crippen molar-refractivity contribution in [2.75, 3.05) is 5.75 Å². The van der Waals surface area contributed by atoms with Crippen LogP contribution in [0.2, 0.25) is 0 Å². The molecule has 1 aromatic rings. The summed E-state index contributed by atoms with van der Waals surface area (Å²) in [6.07, 6.45) is -0.0400. The van der Waals surface area contributed by atoms with E-state index in [1.54, 1.807) is 0 Å². The van der Waals surface area contributed by atoms with Crippen molar-refractivity contribution in [3.05, 3.63) is 17.7 Å². The summed E-state index contributed by atoms with van der Waals surface area (Å²) in [5, 5.41) is 36.8. The maximum Gasteiger partial charge on any atom is 0.321 e. The quantitative estimate of drug-likeness (QED) is 0.288. The highest BCUT2D eigenvalue weighted by atomic mass is 32.2. The van der Waals surface area contributed by atoms with E-state index in [2.05, 4.69) is 0 Å². The second-order valence-corrected chi connectivity index (χ2v) is 5.43. The Labute approximate surface area is 124 Å². The van der Waals surface area contributed by atoms with Crippen molar-refractivity contribution in [3.63, 3.8) is 0 Å². The van der Waals surface area contributed by atoms with E-state index < -0.39 is 35.5 Å². The van der Waals surface area contributed by atoms with E-state index in [-0.39, 0.29) is 17.1 Å². The van der Waals surface area contributed by atoms with Crippen LogP contribution >= 0.6 is 11.8 Å². The van der Waals surface area contributed by atoms with Gasteiger partial charge in [-0.05, 0) is 24.1 Å². The van der Waals surface area contributed by atoms with Crippen molar-refractivity contribution in [2.24, 2.45) is 11.5 Å². The van der Waals surface area contributed by atoms with Crippen LogP contribution in [0.25, 0.3) is 0 Å². The first-order valence-electron chi connectivity index (χ1n) is 5.86. The van der Waals surface area contributed by atoms with Crippen molar-refractivity contribution in [3.8, 4) is 11.5 Å². The van der Waals surface area contributed by atoms with Crippen LogP contribution in [0.4, 0.5) is 0 Å². The number of phenolic OH excluding ortho intramolecular Hbond substituents is 2. The Morgan fingerprint density at radius 2 is 1.67 bits per heavy atom. The van der Waals surface area contributed by atoms with Crippen LogP contribution in [0.3, 0.4) is 0 Å². The smallest absolute Gasteiger partial charge is 0.321 e. The Balaban J connectivity index is 2.90. The number of benzene rings is 1. The van der Waals surface area contributed by atoms with Gasteiger partial charge in [-0.15, -0.1) is 11.8 Å². The van der Waals surface area contributed by atoms with Crippen molar-refractivity contribution < 1.29 is 30.0 Å². The zero-order valence-corrected chi connectivity index (χ0v) is 11.7. The molecule has 0 bridgehead atoms. The number of hydrogen-bond acceptors (Lipinski definition) is 7. The molecule has 0 radical (unpaired) electrons. The van der Waals surface area contributed by atoms with Crippen molar-refractivity contribution >= 4 is 23.7 Å². The molecule has 8 N–H and O–H groups in total. The maximum atomic E-state index is 10.7. The molecule has 0 unspecified atom stereocenters. The van der Waals surface area contributed by atoms with Gasteiger partial charge in [0.05, 0.1) is 4.90 Å². The molecule has 0 saturated heterocycles. The van der Waals surface area contributed by atoms with Crippen LogP contribution in [-0.2, 0) is 16.0 Å². The number of carboxylic acid groups (broad SMARTS) is 2. The average Bonchev–Trinajstić information content (AvgIpc) is 2.40. The Hall–Kier alpha value is -1.97. The largest absolute Gasteiger partial charge is 0.504 e. The van der Waals surface area contributed by atoms with Gasteiger partial charge < -0.3 is 31.9 Å². The molecule has 2 atom stereocenters. The van der Waals surface area contributed by atoms with Crippen LogP contribution in [0.5, 0.6) is 11.5 Å². The molecular formula is C12H16N2O6S. The van der Waals surface area contributed by atoms with Crippen LogP contribution in [0.15, 0.2) is 17.0 Å². The molecule has 0 heterocycles. The number of rotatable bonds is 7. The third kappa shape index (κ3) is 4.81. The molecule has 0 fully saturated rings. The highest BCUT2D eigenvalue weighted by Crippen LogP contribution is 2.37. The minimum absolute atomic E-state index is 0.0171. The van der Waals surface area contributed by atoms with E-state index in [9.17, 15) is 19.8 Å². The van der Waals surface area contributed by atoms with Crippen molar-refractivity contribution in [1.82, 2.24) is 0 Å². The highest BCUT2D eigenvalue weighted by Gasteiger charge is 2.18. The molecule has 0 aliphatic rings. The van der Waals surface area contributed by atoms with Gasteiger partial charge in [-0.3, -0.25) is 9.59 Å². The predicted molar refractivity (Wildman–Crippen MR) is 75.4 cm³/mol. The van der Waals surface area contributed by atoms with Crippen LogP contribution in [-0.4, -0.2) is 50.2 Å². The second kappa shape index (κ2) is 7.16. The lowest BCUT2D eigenvalue weighted by atomic mass is 10.1. The molecular weight excluding hydrogens is 300 g/mol. The van der Waals surface area contributed by atoms with Gasteiger partial charge >= 0.3 is 11.9 Å². The number of carboxylic acids is 2. The normalized spacial score (nSPS) is 13.6. The zero-order chi connectivity index (χ0) is 16.2. The van der Waals surface area contributed by atoms with Gasteiger partial charge in [-0.2, -0.15) is 0 Å². The monoisotopic (exact) mass is 316 g/mol. The van der Waals surface area contributed by atoms with Gasteiger partial charge in [0.1, 0.15) is 12.1 Å². The first kappa shape index (κ1) is 17.1. The Bertz CT molecular complexity index is 551. The van der Waals surface area contributed by atoms with E-state index >= 15 is 0 Å². The molecule has 1 rings (SSSR count). The van der Waals surface area contributed by atoms with Gasteiger partial charge in [0, 0.05) is 5.75 Å². The second-order valence-electron chi connectivity index (χ2n) is 4.37. The molecule has 116 valence electrons. The topological polar surface area (TPSA) is 167 Å². The molecule has 1 aromatic carbocycles. The van der Waals surface area contributed by atoms with Crippen LogP contribution in [0, 0.1) is 0 Å². The van der Waals surface area contributed by atoms with Gasteiger partial charge in [0.2, 0.25) is 0 Å². The SMILES string of the molecule is N[C@H](CSc1cc(C[C@@H](N)C(=O)O)cc(O)c1O)C(=O)O. The summed E-state index contributed by atoms with van der Waals surface area (Å²) in [4.78, 5) is 21.5. The summed E-state index contributed by atoms with van der Waals surface area (Å²) in [6.45, 7) is 0. The molecule has 0 saturated carbocycles. The first-order valence-corrected chi connectivity index (χ1v) is 6.85. The number of carbonyl (C=O) groups is 2. The summed E-state index contributed by atoms with van der Waals surface area (Å²) in [7, 11) is 0. The zero-order valence-electron chi connectivity index (χ0n) is 10.9. The summed E-state index contributed by atoms with van der Waals surface area (Å²) in [5.74, 6) is -3.24. The number of aliphatic carboxylic acids is 2. The summed E-state index contributed by atoms with van der Waals surface area (Å²) in [5.41, 5.74) is 11.2. The highest BCUT2D eigenvalue weighted by molar-refractivity contribution is 7.99. The molecule has 0 aromatic heterocycles. The fraction of sp³-hybridized carbons (Fsp3) is 0.333. The molecule has 0 aliphatic carbocycles. The Morgan fingerprint density at radius 1 is 1.10 bits per heavy atom. The Morgan fingerprint density at radius 3 is 2.19 bits per heavy atom. The maximum absolute atomic E-state index is 10.7. The lowest BCUT2D eigenvalue weighted by Crippen LogP contribution is -2.32. The molecule has 8 nitrogen and oxygen atoms in total. The minimum Gasteiger partial charge on any atom is -0.504 e. The van der Waals surface area contributed by atoms with E-state index in [1.807, 2.05) is 0 Å². The fourth-order valence-corrected chi connectivity index (χ4v) is 2.45. The van der Waals surface area contributed by atoms with E-state index in [4.69, 9.17) is 21.7 Å². The third-order valence-corrected chi connectivity index (χ3v) is 3.77. The number of aromatic hydroxyl groups is 2. The van der Waals surface area contributed by atoms with Gasteiger partial charge in [0.15, 0.2) is 11.5 Å².